The maximum Gasteiger partial charge on any atom is 0.323 e. The number of ether oxygens (including phenoxy) is 1. The van der Waals surface area contributed by atoms with E-state index >= 15 is 0 Å². The number of morpholine rings is 1. The van der Waals surface area contributed by atoms with Crippen LogP contribution in [0.2, 0.25) is 0 Å². The maximum atomic E-state index is 11.5. The van der Waals surface area contributed by atoms with Gasteiger partial charge in [-0.15, -0.1) is 0 Å². The minimum Gasteiger partial charge on any atom is -0.480 e. The number of carboxylic acids is 1. The van der Waals surface area contributed by atoms with Crippen molar-refractivity contribution in [2.45, 2.75) is 58.0 Å². The molecule has 0 aromatic rings. The van der Waals surface area contributed by atoms with Crippen molar-refractivity contribution in [1.29, 1.82) is 0 Å². The third-order valence-electron chi connectivity index (χ3n) is 4.40. The van der Waals surface area contributed by atoms with Gasteiger partial charge in [-0.05, 0) is 38.8 Å². The Morgan fingerprint density at radius 2 is 2.20 bits per heavy atom. The summed E-state index contributed by atoms with van der Waals surface area (Å²) >= 11 is 0. The fourth-order valence-electron chi connectivity index (χ4n) is 3.01. The van der Waals surface area contributed by atoms with Gasteiger partial charge in [0.05, 0.1) is 13.2 Å². The van der Waals surface area contributed by atoms with Crippen LogP contribution in [0.15, 0.2) is 0 Å². The van der Waals surface area contributed by atoms with Crippen LogP contribution in [-0.2, 0) is 9.53 Å². The lowest BCUT2D eigenvalue weighted by Gasteiger charge is -2.36. The zero-order valence-electron chi connectivity index (χ0n) is 13.2. The predicted octanol–water partition coefficient (Wildman–Crippen LogP) is 1.72. The molecule has 5 nitrogen and oxygen atoms in total. The zero-order valence-corrected chi connectivity index (χ0v) is 13.2. The van der Waals surface area contributed by atoms with Crippen LogP contribution in [0.1, 0.15) is 46.5 Å². The van der Waals surface area contributed by atoms with E-state index in [9.17, 15) is 9.90 Å². The van der Waals surface area contributed by atoms with E-state index in [0.29, 0.717) is 25.4 Å². The molecule has 1 rings (SSSR count). The van der Waals surface area contributed by atoms with E-state index in [2.05, 4.69) is 17.1 Å². The van der Waals surface area contributed by atoms with Gasteiger partial charge < -0.3 is 15.2 Å². The lowest BCUT2D eigenvalue weighted by Crippen LogP contribution is -2.52. The van der Waals surface area contributed by atoms with Crippen LogP contribution in [0.25, 0.3) is 0 Å². The van der Waals surface area contributed by atoms with Crippen molar-refractivity contribution in [3.63, 3.8) is 0 Å². The highest BCUT2D eigenvalue weighted by atomic mass is 16.5. The van der Waals surface area contributed by atoms with E-state index in [-0.39, 0.29) is 0 Å². The first-order valence-corrected chi connectivity index (χ1v) is 7.89. The SMILES string of the molecule is CCNC(CC)(CCCN1CCOCC1CC)C(=O)O. The monoisotopic (exact) mass is 286 g/mol. The van der Waals surface area contributed by atoms with Gasteiger partial charge in [-0.25, -0.2) is 0 Å². The number of carboxylic acid groups (broad SMARTS) is 1. The van der Waals surface area contributed by atoms with Crippen LogP contribution < -0.4 is 5.32 Å². The van der Waals surface area contributed by atoms with Crippen molar-refractivity contribution in [3.05, 3.63) is 0 Å². The minimum atomic E-state index is -0.761. The lowest BCUT2D eigenvalue weighted by atomic mass is 9.90. The molecule has 2 unspecified atom stereocenters. The Morgan fingerprint density at radius 3 is 2.75 bits per heavy atom. The molecule has 0 radical (unpaired) electrons. The summed E-state index contributed by atoms with van der Waals surface area (Å²) in [5.41, 5.74) is -0.761. The summed E-state index contributed by atoms with van der Waals surface area (Å²) in [5, 5.41) is 12.7. The Kier molecular flexibility index (Phi) is 7.48. The third kappa shape index (κ3) is 4.43. The summed E-state index contributed by atoms with van der Waals surface area (Å²) in [7, 11) is 0. The topological polar surface area (TPSA) is 61.8 Å². The second-order valence-corrected chi connectivity index (χ2v) is 5.55. The molecule has 0 aromatic carbocycles. The van der Waals surface area contributed by atoms with Gasteiger partial charge in [0.25, 0.3) is 0 Å². The van der Waals surface area contributed by atoms with Crippen molar-refractivity contribution >= 4 is 5.97 Å². The Balaban J connectivity index is 2.49. The van der Waals surface area contributed by atoms with Gasteiger partial charge >= 0.3 is 5.97 Å². The molecule has 5 heteroatoms. The van der Waals surface area contributed by atoms with E-state index in [4.69, 9.17) is 4.74 Å². The molecular formula is C15H30N2O3. The second-order valence-electron chi connectivity index (χ2n) is 5.55. The molecule has 0 bridgehead atoms. The molecular weight excluding hydrogens is 256 g/mol. The van der Waals surface area contributed by atoms with Crippen molar-refractivity contribution in [2.24, 2.45) is 0 Å². The lowest BCUT2D eigenvalue weighted by molar-refractivity contribution is -0.145. The van der Waals surface area contributed by atoms with Crippen LogP contribution in [0.5, 0.6) is 0 Å². The fraction of sp³-hybridized carbons (Fsp3) is 0.933. The van der Waals surface area contributed by atoms with Crippen LogP contribution in [0.3, 0.4) is 0 Å². The summed E-state index contributed by atoms with van der Waals surface area (Å²) in [6.45, 7) is 10.3. The number of aliphatic carboxylic acids is 1. The zero-order chi connectivity index (χ0) is 15.0. The summed E-state index contributed by atoms with van der Waals surface area (Å²) < 4.78 is 5.50. The number of rotatable bonds is 9. The van der Waals surface area contributed by atoms with Gasteiger partial charge in [0, 0.05) is 12.6 Å². The molecule has 1 aliphatic rings. The van der Waals surface area contributed by atoms with Crippen LogP contribution >= 0.6 is 0 Å². The Bertz CT molecular complexity index is 299. The average Bonchev–Trinajstić information content (AvgIpc) is 2.46. The highest BCUT2D eigenvalue weighted by Gasteiger charge is 2.35. The molecule has 20 heavy (non-hydrogen) atoms. The van der Waals surface area contributed by atoms with E-state index in [1.165, 1.54) is 0 Å². The van der Waals surface area contributed by atoms with Gasteiger partial charge in [-0.2, -0.15) is 0 Å². The Labute approximate surface area is 122 Å². The first kappa shape index (κ1) is 17.4. The van der Waals surface area contributed by atoms with E-state index in [1.807, 2.05) is 13.8 Å². The number of nitrogens with zero attached hydrogens (tertiary/aromatic N) is 1. The molecule has 1 heterocycles. The number of carbonyl (C=O) groups is 1. The van der Waals surface area contributed by atoms with Gasteiger partial charge in [0.1, 0.15) is 5.54 Å². The van der Waals surface area contributed by atoms with Gasteiger partial charge in [-0.1, -0.05) is 20.8 Å². The van der Waals surface area contributed by atoms with E-state index in [0.717, 1.165) is 39.1 Å². The predicted molar refractivity (Wildman–Crippen MR) is 80.0 cm³/mol. The van der Waals surface area contributed by atoms with Crippen molar-refractivity contribution in [2.75, 3.05) is 32.8 Å². The maximum absolute atomic E-state index is 11.5. The summed E-state index contributed by atoms with van der Waals surface area (Å²) in [6.07, 6.45) is 3.30. The molecule has 1 aliphatic heterocycles. The third-order valence-corrected chi connectivity index (χ3v) is 4.40. The van der Waals surface area contributed by atoms with Gasteiger partial charge in [-0.3, -0.25) is 9.69 Å². The first-order chi connectivity index (χ1) is 9.59. The quantitative estimate of drug-likeness (QED) is 0.676. The molecule has 0 aliphatic carbocycles. The molecule has 2 atom stereocenters. The fourth-order valence-corrected chi connectivity index (χ4v) is 3.01. The van der Waals surface area contributed by atoms with Crippen LogP contribution in [0, 0.1) is 0 Å². The smallest absolute Gasteiger partial charge is 0.323 e. The summed E-state index contributed by atoms with van der Waals surface area (Å²) in [4.78, 5) is 14.0. The Morgan fingerprint density at radius 1 is 1.45 bits per heavy atom. The van der Waals surface area contributed by atoms with E-state index in [1.54, 1.807) is 0 Å². The van der Waals surface area contributed by atoms with Gasteiger partial charge in [0.15, 0.2) is 0 Å². The number of nitrogens with one attached hydrogen (secondary N) is 1. The highest BCUT2D eigenvalue weighted by Crippen LogP contribution is 2.20. The van der Waals surface area contributed by atoms with Crippen LogP contribution in [-0.4, -0.2) is 60.4 Å². The number of hydrogen-bond acceptors (Lipinski definition) is 4. The van der Waals surface area contributed by atoms with Crippen molar-refractivity contribution < 1.29 is 14.6 Å². The van der Waals surface area contributed by atoms with Crippen LogP contribution in [0.4, 0.5) is 0 Å². The summed E-state index contributed by atoms with van der Waals surface area (Å²) in [5.74, 6) is -0.726. The minimum absolute atomic E-state index is 0.490. The largest absolute Gasteiger partial charge is 0.480 e. The molecule has 1 fully saturated rings. The molecule has 0 spiro atoms. The van der Waals surface area contributed by atoms with Crippen molar-refractivity contribution in [1.82, 2.24) is 10.2 Å². The molecule has 0 amide bonds. The number of hydrogen-bond donors (Lipinski definition) is 2. The second kappa shape index (κ2) is 8.60. The first-order valence-electron chi connectivity index (χ1n) is 7.89. The molecule has 0 saturated carbocycles. The molecule has 1 saturated heterocycles. The average molecular weight is 286 g/mol. The standard InChI is InChI=1S/C15H30N2O3/c1-4-13-12-20-11-10-17(13)9-7-8-15(5-2,14(18)19)16-6-3/h13,16H,4-12H2,1-3H3,(H,18,19). The summed E-state index contributed by atoms with van der Waals surface area (Å²) in [6, 6.07) is 0.490. The molecule has 118 valence electrons. The molecule has 0 aromatic heterocycles. The number of likely N-dealkylation sites (N-methyl/N-ethyl adjacent to an activating group) is 1. The van der Waals surface area contributed by atoms with Crippen molar-refractivity contribution in [3.8, 4) is 0 Å². The highest BCUT2D eigenvalue weighted by molar-refractivity contribution is 5.78. The van der Waals surface area contributed by atoms with E-state index < -0.39 is 11.5 Å². The van der Waals surface area contributed by atoms with Gasteiger partial charge in [0.2, 0.25) is 0 Å². The normalized spacial score (nSPS) is 23.4. The Hall–Kier alpha value is -0.650. The molecule has 2 N–H and O–H groups in total.